The number of methoxy groups -OCH3 is 3. The molecule has 0 aromatic heterocycles. The van der Waals surface area contributed by atoms with Crippen molar-refractivity contribution in [2.24, 2.45) is 10.8 Å². The van der Waals surface area contributed by atoms with E-state index in [1.165, 1.54) is 27.4 Å². The number of ether oxygens (including phenoxy) is 3. The monoisotopic (exact) mass is 349 g/mol. The van der Waals surface area contributed by atoms with Crippen molar-refractivity contribution in [1.29, 1.82) is 0 Å². The maximum absolute atomic E-state index is 13.1. The van der Waals surface area contributed by atoms with Crippen LogP contribution in [-0.4, -0.2) is 56.2 Å². The summed E-state index contributed by atoms with van der Waals surface area (Å²) in [5.41, 5.74) is -2.51. The Morgan fingerprint density at radius 1 is 1.12 bits per heavy atom. The van der Waals surface area contributed by atoms with E-state index in [9.17, 15) is 14.7 Å². The molecule has 1 saturated heterocycles. The van der Waals surface area contributed by atoms with Gasteiger partial charge in [0.1, 0.15) is 11.9 Å². The molecular formula is C18H23NO6. The van der Waals surface area contributed by atoms with Gasteiger partial charge in [-0.1, -0.05) is 0 Å². The Bertz CT molecular complexity index is 727. The van der Waals surface area contributed by atoms with Crippen LogP contribution >= 0.6 is 0 Å². The van der Waals surface area contributed by atoms with Crippen LogP contribution in [0.3, 0.4) is 0 Å². The summed E-state index contributed by atoms with van der Waals surface area (Å²) in [7, 11) is 4.42. The van der Waals surface area contributed by atoms with Gasteiger partial charge < -0.3 is 24.6 Å². The van der Waals surface area contributed by atoms with Gasteiger partial charge in [-0.15, -0.1) is 0 Å². The first-order valence-corrected chi connectivity index (χ1v) is 8.53. The molecule has 1 spiro atoms. The Kier molecular flexibility index (Phi) is 3.37. The van der Waals surface area contributed by atoms with Crippen LogP contribution in [0.4, 0.5) is 0 Å². The number of carbonyl (C=O) groups excluding carboxylic acids is 2. The predicted octanol–water partition coefficient (Wildman–Crippen LogP) is 0.436. The minimum absolute atomic E-state index is 0.143. The summed E-state index contributed by atoms with van der Waals surface area (Å²) < 4.78 is 16.2. The summed E-state index contributed by atoms with van der Waals surface area (Å²) in [5, 5.41) is 14.5. The smallest absolute Gasteiger partial charge is 0.201 e. The van der Waals surface area contributed by atoms with Crippen molar-refractivity contribution < 1.29 is 28.9 Å². The molecule has 4 rings (SSSR count). The number of aliphatic hydroxyl groups is 1. The lowest BCUT2D eigenvalue weighted by atomic mass is 9.52. The van der Waals surface area contributed by atoms with Gasteiger partial charge >= 0.3 is 0 Å². The molecule has 3 aliphatic carbocycles. The summed E-state index contributed by atoms with van der Waals surface area (Å²) in [6, 6.07) is 0. The van der Waals surface area contributed by atoms with E-state index in [0.29, 0.717) is 31.6 Å². The summed E-state index contributed by atoms with van der Waals surface area (Å²) in [6.45, 7) is 0.640. The first kappa shape index (κ1) is 16.6. The molecule has 0 bridgehead atoms. The fourth-order valence-electron chi connectivity index (χ4n) is 6.03. The van der Waals surface area contributed by atoms with E-state index in [4.69, 9.17) is 14.2 Å². The molecule has 136 valence electrons. The van der Waals surface area contributed by atoms with Crippen molar-refractivity contribution in [2.75, 3.05) is 27.9 Å². The van der Waals surface area contributed by atoms with Gasteiger partial charge in [0.25, 0.3) is 0 Å². The second kappa shape index (κ2) is 5.08. The third-order valence-electron chi connectivity index (χ3n) is 6.95. The van der Waals surface area contributed by atoms with E-state index in [1.807, 2.05) is 0 Å². The lowest BCUT2D eigenvalue weighted by molar-refractivity contribution is -0.146. The molecule has 4 aliphatic rings. The summed E-state index contributed by atoms with van der Waals surface area (Å²) in [6.07, 6.45) is 2.13. The average molecular weight is 349 g/mol. The SMILES string of the molecule is COC1=CC(=O)[C@@]2(CC[C@@]34NCC[C@]32CC(=O)C(OC)=C4OC)[C@H]1O. The number of hydrogen-bond donors (Lipinski definition) is 2. The van der Waals surface area contributed by atoms with E-state index in [-0.39, 0.29) is 29.5 Å². The number of carbonyl (C=O) groups is 2. The number of nitrogens with one attached hydrogen (secondary N) is 1. The van der Waals surface area contributed by atoms with Crippen LogP contribution in [0.2, 0.25) is 0 Å². The van der Waals surface area contributed by atoms with Gasteiger partial charge in [-0.25, -0.2) is 0 Å². The molecule has 0 amide bonds. The van der Waals surface area contributed by atoms with E-state index >= 15 is 0 Å². The summed E-state index contributed by atoms with van der Waals surface area (Å²) in [5.74, 6) is 0.586. The molecule has 2 N–H and O–H groups in total. The lowest BCUT2D eigenvalue weighted by Crippen LogP contribution is -2.62. The van der Waals surface area contributed by atoms with E-state index in [0.717, 1.165) is 0 Å². The van der Waals surface area contributed by atoms with E-state index in [1.54, 1.807) is 0 Å². The minimum atomic E-state index is -1.07. The molecule has 0 aromatic rings. The van der Waals surface area contributed by atoms with Gasteiger partial charge in [-0.2, -0.15) is 0 Å². The van der Waals surface area contributed by atoms with Crippen molar-refractivity contribution in [3.63, 3.8) is 0 Å². The molecule has 2 fully saturated rings. The minimum Gasteiger partial charge on any atom is -0.498 e. The standard InChI is InChI=1S/C18H23NO6/c1-23-11-8-12(21)17(14(11)22)4-5-18-15(25-3)13(24-2)10(20)9-16(17,18)6-7-19-18/h8,14,19,22H,4-7,9H2,1-3H3/t14-,16+,17-,18-/m0/s1. The van der Waals surface area contributed by atoms with Crippen LogP contribution in [0.1, 0.15) is 25.7 Å². The predicted molar refractivity (Wildman–Crippen MR) is 86.2 cm³/mol. The van der Waals surface area contributed by atoms with Crippen LogP contribution in [0.25, 0.3) is 0 Å². The number of hydrogen-bond acceptors (Lipinski definition) is 7. The first-order chi connectivity index (χ1) is 11.9. The van der Waals surface area contributed by atoms with Crippen LogP contribution < -0.4 is 5.32 Å². The highest BCUT2D eigenvalue weighted by Gasteiger charge is 2.79. The Morgan fingerprint density at radius 2 is 1.88 bits per heavy atom. The normalized spacial score (nSPS) is 42.6. The largest absolute Gasteiger partial charge is 0.498 e. The Balaban J connectivity index is 1.95. The maximum Gasteiger partial charge on any atom is 0.201 e. The Hall–Kier alpha value is -1.86. The van der Waals surface area contributed by atoms with Gasteiger partial charge in [0, 0.05) is 17.9 Å². The van der Waals surface area contributed by atoms with Crippen LogP contribution in [0.5, 0.6) is 0 Å². The van der Waals surface area contributed by atoms with Crippen molar-refractivity contribution in [3.05, 3.63) is 23.4 Å². The third kappa shape index (κ3) is 1.55. The second-order valence-corrected chi connectivity index (χ2v) is 7.32. The third-order valence-corrected chi connectivity index (χ3v) is 6.95. The first-order valence-electron chi connectivity index (χ1n) is 8.53. The summed E-state index contributed by atoms with van der Waals surface area (Å²) in [4.78, 5) is 25.9. The molecule has 25 heavy (non-hydrogen) atoms. The van der Waals surface area contributed by atoms with Crippen LogP contribution in [-0.2, 0) is 23.8 Å². The zero-order valence-electron chi connectivity index (χ0n) is 14.7. The molecule has 1 saturated carbocycles. The number of allylic oxidation sites excluding steroid dienone is 2. The molecule has 0 radical (unpaired) electrons. The number of aliphatic hydroxyl groups excluding tert-OH is 1. The molecule has 0 aromatic carbocycles. The molecule has 0 unspecified atom stereocenters. The molecule has 7 heteroatoms. The molecular weight excluding hydrogens is 326 g/mol. The topological polar surface area (TPSA) is 94.1 Å². The molecule has 4 atom stereocenters. The highest BCUT2D eigenvalue weighted by molar-refractivity contribution is 6.03. The van der Waals surface area contributed by atoms with Gasteiger partial charge in [0.05, 0.1) is 32.3 Å². The Labute approximate surface area is 146 Å². The Morgan fingerprint density at radius 3 is 2.48 bits per heavy atom. The highest BCUT2D eigenvalue weighted by atomic mass is 16.5. The average Bonchev–Trinajstić information content (AvgIpc) is 3.18. The highest BCUT2D eigenvalue weighted by Crippen LogP contribution is 2.71. The number of rotatable bonds is 3. The number of Topliss-reactive ketones (excluding diaryl/α,β-unsaturated/α-hetero) is 1. The van der Waals surface area contributed by atoms with Crippen molar-refractivity contribution in [1.82, 2.24) is 5.32 Å². The van der Waals surface area contributed by atoms with Gasteiger partial charge in [-0.05, 0) is 25.8 Å². The van der Waals surface area contributed by atoms with Crippen LogP contribution in [0, 0.1) is 10.8 Å². The van der Waals surface area contributed by atoms with Crippen molar-refractivity contribution in [3.8, 4) is 0 Å². The zero-order chi connectivity index (χ0) is 18.0. The zero-order valence-corrected chi connectivity index (χ0v) is 14.7. The van der Waals surface area contributed by atoms with Gasteiger partial charge in [-0.3, -0.25) is 9.59 Å². The molecule has 1 heterocycles. The van der Waals surface area contributed by atoms with E-state index in [2.05, 4.69) is 5.32 Å². The van der Waals surface area contributed by atoms with Crippen molar-refractivity contribution in [2.45, 2.75) is 37.3 Å². The van der Waals surface area contributed by atoms with E-state index < -0.39 is 22.5 Å². The molecule has 7 nitrogen and oxygen atoms in total. The van der Waals surface area contributed by atoms with Gasteiger partial charge in [0.15, 0.2) is 11.5 Å². The summed E-state index contributed by atoms with van der Waals surface area (Å²) >= 11 is 0. The maximum atomic E-state index is 13.1. The molecule has 1 aliphatic heterocycles. The number of ketones is 2. The van der Waals surface area contributed by atoms with Gasteiger partial charge in [0.2, 0.25) is 11.5 Å². The fraction of sp³-hybridized carbons (Fsp3) is 0.667. The van der Waals surface area contributed by atoms with Crippen molar-refractivity contribution >= 4 is 11.6 Å². The second-order valence-electron chi connectivity index (χ2n) is 7.32. The van der Waals surface area contributed by atoms with Crippen LogP contribution in [0.15, 0.2) is 23.4 Å². The lowest BCUT2D eigenvalue weighted by Gasteiger charge is -2.51. The fourth-order valence-corrected chi connectivity index (χ4v) is 6.03. The quantitative estimate of drug-likeness (QED) is 0.763.